The van der Waals surface area contributed by atoms with E-state index in [1.807, 2.05) is 0 Å². The number of methoxy groups -OCH3 is 1. The number of esters is 1. The number of anilines is 1. The van der Waals surface area contributed by atoms with Gasteiger partial charge < -0.3 is 9.15 Å². The van der Waals surface area contributed by atoms with Crippen LogP contribution in [0.25, 0.3) is 17.4 Å². The topological polar surface area (TPSA) is 88.9 Å². The maximum absolute atomic E-state index is 12.8. The molecule has 3 aromatic rings. The lowest BCUT2D eigenvalue weighted by Crippen LogP contribution is -2.35. The van der Waals surface area contributed by atoms with Crippen molar-refractivity contribution in [3.63, 3.8) is 0 Å². The Hall–Kier alpha value is -3.55. The lowest BCUT2D eigenvalue weighted by atomic mass is 10.1. The van der Waals surface area contributed by atoms with Crippen LogP contribution in [0.3, 0.4) is 0 Å². The summed E-state index contributed by atoms with van der Waals surface area (Å²) in [6, 6.07) is 14.5. The molecule has 1 saturated heterocycles. The first kappa shape index (κ1) is 20.7. The first-order valence-corrected chi connectivity index (χ1v) is 9.73. The molecule has 0 spiro atoms. The number of rotatable bonds is 4. The summed E-state index contributed by atoms with van der Waals surface area (Å²) >= 11 is 12.0. The lowest BCUT2D eigenvalue weighted by molar-refractivity contribution is -0.117. The Balaban J connectivity index is 1.61. The minimum Gasteiger partial charge on any atom is -0.465 e. The molecule has 1 N–H and O–H groups in total. The molecule has 1 fully saturated rings. The molecule has 9 heteroatoms. The monoisotopic (exact) mass is 456 g/mol. The molecule has 156 valence electrons. The number of hydrogen-bond donors (Lipinski definition) is 1. The van der Waals surface area contributed by atoms with Crippen LogP contribution >= 0.6 is 23.2 Å². The van der Waals surface area contributed by atoms with Gasteiger partial charge in [-0.15, -0.1) is 0 Å². The third kappa shape index (κ3) is 4.19. The average Bonchev–Trinajstić information content (AvgIpc) is 3.33. The number of amides is 2. The van der Waals surface area contributed by atoms with Crippen LogP contribution in [-0.2, 0) is 14.3 Å². The van der Waals surface area contributed by atoms with Crippen LogP contribution in [0.2, 0.25) is 10.0 Å². The third-order valence-electron chi connectivity index (χ3n) is 4.48. The van der Waals surface area contributed by atoms with Crippen LogP contribution in [0.5, 0.6) is 0 Å². The van der Waals surface area contributed by atoms with Crippen molar-refractivity contribution < 1.29 is 23.5 Å². The number of nitrogens with zero attached hydrogens (tertiary/aromatic N) is 1. The Morgan fingerprint density at radius 2 is 1.81 bits per heavy atom. The molecule has 31 heavy (non-hydrogen) atoms. The van der Waals surface area contributed by atoms with Crippen molar-refractivity contribution in [3.8, 4) is 11.3 Å². The van der Waals surface area contributed by atoms with E-state index in [-0.39, 0.29) is 5.57 Å². The van der Waals surface area contributed by atoms with Crippen molar-refractivity contribution in [2.24, 2.45) is 0 Å². The van der Waals surface area contributed by atoms with Crippen LogP contribution in [0.4, 0.5) is 5.69 Å². The summed E-state index contributed by atoms with van der Waals surface area (Å²) in [6.07, 6.45) is 1.34. The second kappa shape index (κ2) is 8.29. The van der Waals surface area contributed by atoms with Gasteiger partial charge >= 0.3 is 5.97 Å². The highest BCUT2D eigenvalue weighted by Gasteiger charge is 2.35. The van der Waals surface area contributed by atoms with Crippen LogP contribution in [-0.4, -0.2) is 24.9 Å². The maximum atomic E-state index is 12.8. The summed E-state index contributed by atoms with van der Waals surface area (Å²) < 4.78 is 10.5. The van der Waals surface area contributed by atoms with Crippen LogP contribution in [0.1, 0.15) is 16.1 Å². The molecule has 0 bridgehead atoms. The van der Waals surface area contributed by atoms with Crippen LogP contribution in [0.15, 0.2) is 64.6 Å². The van der Waals surface area contributed by atoms with Crippen molar-refractivity contribution in [3.05, 3.63) is 81.5 Å². The minimum absolute atomic E-state index is 0.111. The van der Waals surface area contributed by atoms with Crippen LogP contribution < -0.4 is 10.4 Å². The van der Waals surface area contributed by atoms with Crippen molar-refractivity contribution in [2.45, 2.75) is 0 Å². The van der Waals surface area contributed by atoms with E-state index >= 15 is 0 Å². The molecule has 0 radical (unpaired) electrons. The van der Waals surface area contributed by atoms with Gasteiger partial charge in [0.05, 0.1) is 18.4 Å². The van der Waals surface area contributed by atoms with Gasteiger partial charge in [0.2, 0.25) is 0 Å². The van der Waals surface area contributed by atoms with Gasteiger partial charge in [-0.1, -0.05) is 35.3 Å². The smallest absolute Gasteiger partial charge is 0.337 e. The number of carbonyl (C=O) groups is 3. The zero-order chi connectivity index (χ0) is 22.1. The van der Waals surface area contributed by atoms with Gasteiger partial charge in [0.15, 0.2) is 0 Å². The molecule has 1 aromatic heterocycles. The van der Waals surface area contributed by atoms with E-state index in [2.05, 4.69) is 5.43 Å². The fourth-order valence-corrected chi connectivity index (χ4v) is 3.57. The highest BCUT2D eigenvalue weighted by molar-refractivity contribution is 6.36. The molecule has 0 atom stereocenters. The molecule has 4 rings (SSSR count). The molecular formula is C22H14Cl2N2O5. The Morgan fingerprint density at radius 3 is 2.52 bits per heavy atom. The number of nitrogens with one attached hydrogen (secondary N) is 1. The number of halogens is 2. The molecule has 1 aliphatic rings. The number of furan rings is 1. The van der Waals surface area contributed by atoms with E-state index in [0.29, 0.717) is 38.4 Å². The molecular weight excluding hydrogens is 443 g/mol. The fourth-order valence-electron chi connectivity index (χ4n) is 3.05. The third-order valence-corrected chi connectivity index (χ3v) is 4.91. The largest absolute Gasteiger partial charge is 0.465 e. The van der Waals surface area contributed by atoms with Gasteiger partial charge in [0.25, 0.3) is 11.8 Å². The van der Waals surface area contributed by atoms with Crippen LogP contribution in [0, 0.1) is 0 Å². The average molecular weight is 457 g/mol. The molecule has 0 aliphatic carbocycles. The normalized spacial score (nSPS) is 14.8. The van der Waals surface area contributed by atoms with Gasteiger partial charge in [-0.25, -0.2) is 9.80 Å². The predicted octanol–water partition coefficient (Wildman–Crippen LogP) is 4.50. The summed E-state index contributed by atoms with van der Waals surface area (Å²) in [6.45, 7) is 0. The standard InChI is InChI=1S/C22H14Cl2N2O5/c1-30-22(29)13-4-2-3-12(7-13)19-6-5-17(31-19)11-18-20(27)25-26(21(18)28)16-9-14(23)8-15(24)10-16/h2-11H,1H3,(H,25,27). The summed E-state index contributed by atoms with van der Waals surface area (Å²) in [5.41, 5.74) is 3.71. The Labute approximate surface area is 186 Å². The maximum Gasteiger partial charge on any atom is 0.337 e. The van der Waals surface area contributed by atoms with Gasteiger partial charge in [-0.2, -0.15) is 0 Å². The van der Waals surface area contributed by atoms with E-state index in [4.69, 9.17) is 32.4 Å². The summed E-state index contributed by atoms with van der Waals surface area (Å²) in [5, 5.41) is 1.72. The number of carbonyl (C=O) groups excluding carboxylic acids is 3. The summed E-state index contributed by atoms with van der Waals surface area (Å²) in [5.74, 6) is -0.879. The lowest BCUT2D eigenvalue weighted by Gasteiger charge is -2.15. The quantitative estimate of drug-likeness (QED) is 0.354. The van der Waals surface area contributed by atoms with E-state index in [1.165, 1.54) is 31.4 Å². The second-order valence-electron chi connectivity index (χ2n) is 6.54. The number of ether oxygens (including phenoxy) is 1. The van der Waals surface area contributed by atoms with E-state index in [0.717, 1.165) is 5.01 Å². The van der Waals surface area contributed by atoms with Gasteiger partial charge in [-0.3, -0.25) is 15.0 Å². The second-order valence-corrected chi connectivity index (χ2v) is 7.41. The zero-order valence-electron chi connectivity index (χ0n) is 16.0. The fraction of sp³-hybridized carbons (Fsp3) is 0.0455. The first-order chi connectivity index (χ1) is 14.9. The predicted molar refractivity (Wildman–Crippen MR) is 116 cm³/mol. The molecule has 0 unspecified atom stereocenters. The number of benzene rings is 2. The van der Waals surface area contributed by atoms with Crippen molar-refractivity contribution in [1.29, 1.82) is 0 Å². The van der Waals surface area contributed by atoms with E-state index < -0.39 is 17.8 Å². The van der Waals surface area contributed by atoms with Crippen molar-refractivity contribution in [1.82, 2.24) is 5.43 Å². The minimum atomic E-state index is -0.591. The Bertz CT molecular complexity index is 1230. The Kier molecular flexibility index (Phi) is 5.54. The Morgan fingerprint density at radius 1 is 1.06 bits per heavy atom. The molecule has 2 aromatic carbocycles. The highest BCUT2D eigenvalue weighted by Crippen LogP contribution is 2.29. The van der Waals surface area contributed by atoms with Crippen molar-refractivity contribution >= 4 is 52.7 Å². The van der Waals surface area contributed by atoms with Gasteiger partial charge in [0.1, 0.15) is 17.1 Å². The van der Waals surface area contributed by atoms with Gasteiger partial charge in [0, 0.05) is 15.6 Å². The molecule has 7 nitrogen and oxygen atoms in total. The molecule has 2 amide bonds. The van der Waals surface area contributed by atoms with E-state index in [1.54, 1.807) is 36.4 Å². The molecule has 0 saturated carbocycles. The summed E-state index contributed by atoms with van der Waals surface area (Å²) in [7, 11) is 1.30. The van der Waals surface area contributed by atoms with Gasteiger partial charge in [-0.05, 0) is 48.5 Å². The highest BCUT2D eigenvalue weighted by atomic mass is 35.5. The SMILES string of the molecule is COC(=O)c1cccc(-c2ccc(C=C3C(=O)NN(c4cc(Cl)cc(Cl)c4)C3=O)o2)c1. The molecule has 2 heterocycles. The first-order valence-electron chi connectivity index (χ1n) is 8.97. The van der Waals surface area contributed by atoms with E-state index in [9.17, 15) is 14.4 Å². The summed E-state index contributed by atoms with van der Waals surface area (Å²) in [4.78, 5) is 36.9. The number of hydrazine groups is 1. The molecule has 1 aliphatic heterocycles. The zero-order valence-corrected chi connectivity index (χ0v) is 17.5. The number of hydrogen-bond acceptors (Lipinski definition) is 5. The van der Waals surface area contributed by atoms with Crippen molar-refractivity contribution in [2.75, 3.05) is 12.1 Å².